The van der Waals surface area contributed by atoms with E-state index in [1.54, 1.807) is 18.5 Å². The molecule has 7 heteroatoms. The van der Waals surface area contributed by atoms with Crippen LogP contribution in [0.15, 0.2) is 47.2 Å². The van der Waals surface area contributed by atoms with Gasteiger partial charge in [-0.3, -0.25) is 14.6 Å². The fourth-order valence-electron chi connectivity index (χ4n) is 4.27. The molecule has 0 unspecified atom stereocenters. The molecule has 3 aromatic rings. The van der Waals surface area contributed by atoms with E-state index in [9.17, 15) is 9.59 Å². The minimum absolute atomic E-state index is 0.0815. The fraction of sp³-hybridized carbons (Fsp3) is 0.333. The third kappa shape index (κ3) is 4.61. The first-order chi connectivity index (χ1) is 14.9. The summed E-state index contributed by atoms with van der Waals surface area (Å²) in [4.78, 5) is 34.6. The van der Waals surface area contributed by atoms with Gasteiger partial charge in [-0.25, -0.2) is 4.98 Å². The molecule has 160 valence electrons. The van der Waals surface area contributed by atoms with Crippen molar-refractivity contribution in [2.24, 2.45) is 0 Å². The van der Waals surface area contributed by atoms with E-state index in [4.69, 9.17) is 0 Å². The Labute approximate surface area is 190 Å². The molecular weight excluding hydrogens is 456 g/mol. The second-order valence-electron chi connectivity index (χ2n) is 8.10. The Morgan fingerprint density at radius 2 is 1.58 bits per heavy atom. The van der Waals surface area contributed by atoms with Crippen molar-refractivity contribution in [2.75, 3.05) is 0 Å². The Morgan fingerprint density at radius 3 is 2.26 bits per heavy atom. The molecule has 4 rings (SSSR count). The molecule has 2 atom stereocenters. The van der Waals surface area contributed by atoms with Gasteiger partial charge in [-0.05, 0) is 65.9 Å². The van der Waals surface area contributed by atoms with E-state index < -0.39 is 0 Å². The number of amides is 2. The number of rotatable bonds is 4. The van der Waals surface area contributed by atoms with Crippen LogP contribution >= 0.6 is 15.9 Å². The van der Waals surface area contributed by atoms with Gasteiger partial charge in [-0.1, -0.05) is 31.0 Å². The Kier molecular flexibility index (Phi) is 6.32. The average Bonchev–Trinajstić information content (AvgIpc) is 2.75. The third-order valence-electron chi connectivity index (χ3n) is 5.89. The van der Waals surface area contributed by atoms with Gasteiger partial charge >= 0.3 is 0 Å². The predicted molar refractivity (Wildman–Crippen MR) is 124 cm³/mol. The van der Waals surface area contributed by atoms with E-state index in [1.807, 2.05) is 38.1 Å². The van der Waals surface area contributed by atoms with Gasteiger partial charge in [0.15, 0.2) is 0 Å². The first-order valence-electron chi connectivity index (χ1n) is 10.5. The van der Waals surface area contributed by atoms with E-state index in [0.29, 0.717) is 16.8 Å². The minimum Gasteiger partial charge on any atom is -0.347 e. The molecule has 1 aliphatic carbocycles. The monoisotopic (exact) mass is 480 g/mol. The van der Waals surface area contributed by atoms with Crippen LogP contribution < -0.4 is 10.6 Å². The maximum absolute atomic E-state index is 13.0. The predicted octanol–water partition coefficient (Wildman–Crippen LogP) is 4.48. The summed E-state index contributed by atoms with van der Waals surface area (Å²) in [6, 6.07) is 9.15. The molecule has 1 aliphatic rings. The highest BCUT2D eigenvalue weighted by Gasteiger charge is 2.29. The van der Waals surface area contributed by atoms with Crippen molar-refractivity contribution in [3.05, 3.63) is 69.6 Å². The minimum atomic E-state index is -0.233. The number of aromatic nitrogens is 2. The summed E-state index contributed by atoms with van der Waals surface area (Å²) in [5, 5.41) is 7.14. The molecule has 1 saturated carbocycles. The lowest BCUT2D eigenvalue weighted by molar-refractivity contribution is 0.0859. The Bertz CT molecular complexity index is 1130. The smallest absolute Gasteiger partial charge is 0.270 e. The molecule has 2 N–H and O–H groups in total. The number of benzene rings is 1. The Hall–Kier alpha value is -2.80. The van der Waals surface area contributed by atoms with Crippen molar-refractivity contribution in [1.82, 2.24) is 20.6 Å². The van der Waals surface area contributed by atoms with Crippen LogP contribution in [-0.2, 0) is 0 Å². The van der Waals surface area contributed by atoms with Gasteiger partial charge in [0.1, 0.15) is 5.69 Å². The van der Waals surface area contributed by atoms with Crippen LogP contribution in [0.5, 0.6) is 0 Å². The number of hydrogen-bond donors (Lipinski definition) is 2. The van der Waals surface area contributed by atoms with Crippen LogP contribution in [0.25, 0.3) is 10.9 Å². The molecule has 31 heavy (non-hydrogen) atoms. The molecule has 0 aliphatic heterocycles. The molecule has 1 aromatic carbocycles. The van der Waals surface area contributed by atoms with Crippen molar-refractivity contribution in [2.45, 2.75) is 51.6 Å². The van der Waals surface area contributed by atoms with Crippen molar-refractivity contribution >= 4 is 38.6 Å². The van der Waals surface area contributed by atoms with Gasteiger partial charge in [0.2, 0.25) is 0 Å². The van der Waals surface area contributed by atoms with Gasteiger partial charge < -0.3 is 10.6 Å². The molecular formula is C24H25BrN4O2. The molecule has 0 saturated heterocycles. The van der Waals surface area contributed by atoms with E-state index >= 15 is 0 Å². The van der Waals surface area contributed by atoms with Crippen molar-refractivity contribution in [3.63, 3.8) is 0 Å². The highest BCUT2D eigenvalue weighted by atomic mass is 79.9. The number of carbonyl (C=O) groups is 2. The van der Waals surface area contributed by atoms with Gasteiger partial charge in [-0.15, -0.1) is 0 Å². The molecule has 0 spiro atoms. The SMILES string of the molecule is Cc1cccc(C)c1C(=O)N[C@@H]1CCCC[C@H]1NC(=O)c1ccc2cncc(Br)c2n1. The number of halogens is 1. The lowest BCUT2D eigenvalue weighted by Gasteiger charge is -2.33. The van der Waals surface area contributed by atoms with Gasteiger partial charge in [0.25, 0.3) is 11.8 Å². The average molecular weight is 481 g/mol. The highest BCUT2D eigenvalue weighted by molar-refractivity contribution is 9.10. The van der Waals surface area contributed by atoms with E-state index in [2.05, 4.69) is 36.5 Å². The second-order valence-corrected chi connectivity index (χ2v) is 8.96. The van der Waals surface area contributed by atoms with Crippen LogP contribution in [-0.4, -0.2) is 33.9 Å². The van der Waals surface area contributed by atoms with Crippen LogP contribution in [0.4, 0.5) is 0 Å². The molecule has 0 bridgehead atoms. The summed E-state index contributed by atoms with van der Waals surface area (Å²) in [6.45, 7) is 3.89. The summed E-state index contributed by atoms with van der Waals surface area (Å²) in [6.07, 6.45) is 7.09. The summed E-state index contributed by atoms with van der Waals surface area (Å²) in [7, 11) is 0. The molecule has 0 radical (unpaired) electrons. The second kappa shape index (κ2) is 9.14. The molecule has 2 heterocycles. The largest absolute Gasteiger partial charge is 0.347 e. The summed E-state index contributed by atoms with van der Waals surface area (Å²) >= 11 is 3.44. The van der Waals surface area contributed by atoms with Gasteiger partial charge in [0, 0.05) is 35.4 Å². The van der Waals surface area contributed by atoms with E-state index in [-0.39, 0.29) is 23.9 Å². The first kappa shape index (κ1) is 21.4. The zero-order valence-electron chi connectivity index (χ0n) is 17.6. The van der Waals surface area contributed by atoms with Crippen molar-refractivity contribution in [1.29, 1.82) is 0 Å². The number of fused-ring (bicyclic) bond motifs is 1. The third-order valence-corrected chi connectivity index (χ3v) is 6.47. The standard InChI is InChI=1S/C24H25BrN4O2/c1-14-6-5-7-15(2)21(14)24(31)29-19-9-4-3-8-18(19)28-23(30)20-11-10-16-12-26-13-17(25)22(16)27-20/h5-7,10-13,18-19H,3-4,8-9H2,1-2H3,(H,28,30)(H,29,31)/t18-,19-/m1/s1. The topological polar surface area (TPSA) is 84.0 Å². The number of nitrogens with zero attached hydrogens (tertiary/aromatic N) is 2. The zero-order chi connectivity index (χ0) is 22.0. The lowest BCUT2D eigenvalue weighted by Crippen LogP contribution is -2.53. The molecule has 6 nitrogen and oxygen atoms in total. The maximum Gasteiger partial charge on any atom is 0.270 e. The number of pyridine rings is 2. The molecule has 2 aromatic heterocycles. The normalized spacial score (nSPS) is 18.5. The molecule has 1 fully saturated rings. The van der Waals surface area contributed by atoms with Gasteiger partial charge in [-0.2, -0.15) is 0 Å². The highest BCUT2D eigenvalue weighted by Crippen LogP contribution is 2.23. The molecule has 2 amide bonds. The maximum atomic E-state index is 13.0. The van der Waals surface area contributed by atoms with Crippen LogP contribution in [0, 0.1) is 13.8 Å². The summed E-state index contributed by atoms with van der Waals surface area (Å²) in [5.41, 5.74) is 3.67. The Morgan fingerprint density at radius 1 is 0.935 bits per heavy atom. The van der Waals surface area contributed by atoms with Gasteiger partial charge in [0.05, 0.1) is 9.99 Å². The fourth-order valence-corrected chi connectivity index (χ4v) is 4.70. The van der Waals surface area contributed by atoms with Crippen LogP contribution in [0.2, 0.25) is 0 Å². The number of carbonyl (C=O) groups excluding carboxylic acids is 2. The van der Waals surface area contributed by atoms with Crippen molar-refractivity contribution in [3.8, 4) is 0 Å². The van der Waals surface area contributed by atoms with E-state index in [0.717, 1.165) is 46.7 Å². The lowest BCUT2D eigenvalue weighted by atomic mass is 9.89. The van der Waals surface area contributed by atoms with Crippen LogP contribution in [0.3, 0.4) is 0 Å². The summed E-state index contributed by atoms with van der Waals surface area (Å²) < 4.78 is 0.746. The number of nitrogens with one attached hydrogen (secondary N) is 2. The van der Waals surface area contributed by atoms with E-state index in [1.165, 1.54) is 0 Å². The first-order valence-corrected chi connectivity index (χ1v) is 11.3. The number of hydrogen-bond acceptors (Lipinski definition) is 4. The van der Waals surface area contributed by atoms with Crippen molar-refractivity contribution < 1.29 is 9.59 Å². The Balaban J connectivity index is 1.51. The quantitative estimate of drug-likeness (QED) is 0.576. The van der Waals surface area contributed by atoms with Crippen LogP contribution in [0.1, 0.15) is 57.7 Å². The summed E-state index contributed by atoms with van der Waals surface area (Å²) in [5.74, 6) is -0.314. The zero-order valence-corrected chi connectivity index (χ0v) is 19.2. The number of aryl methyl sites for hydroxylation is 2.